The lowest BCUT2D eigenvalue weighted by Crippen LogP contribution is -1.95. The van der Waals surface area contributed by atoms with Crippen molar-refractivity contribution in [2.75, 3.05) is 0 Å². The molecule has 3 rings (SSSR count). The fraction of sp³-hybridized carbons (Fsp3) is 0.333. The quantitative estimate of drug-likeness (QED) is 0.694. The molecular weight excluding hydrogens is 309 g/mol. The van der Waals surface area contributed by atoms with Crippen LogP contribution < -0.4 is 0 Å². The molecule has 0 saturated heterocycles. The smallest absolute Gasteiger partial charge is 0.0126 e. The summed E-state index contributed by atoms with van der Waals surface area (Å²) in [5.41, 5.74) is 10.4. The summed E-state index contributed by atoms with van der Waals surface area (Å²) < 4.78 is 0. The van der Waals surface area contributed by atoms with Crippen LogP contribution in [0.5, 0.6) is 0 Å². The van der Waals surface area contributed by atoms with Crippen LogP contribution in [-0.4, -0.2) is 0 Å². The highest BCUT2D eigenvalue weighted by Crippen LogP contribution is 2.36. The van der Waals surface area contributed by atoms with Crippen LogP contribution in [-0.2, 0) is 31.3 Å². The largest absolute Gasteiger partial charge is 0.133 e. The predicted molar refractivity (Wildman–Crippen MR) is 104 cm³/mol. The van der Waals surface area contributed by atoms with E-state index in [2.05, 4.69) is 58.1 Å². The molecule has 0 aliphatic heterocycles. The number of rotatable bonds is 4. The first kappa shape index (κ1) is 15.6. The summed E-state index contributed by atoms with van der Waals surface area (Å²) in [5.74, 6) is 0. The van der Waals surface area contributed by atoms with Crippen LogP contribution in [0.2, 0.25) is 0 Å². The normalized spacial score (nSPS) is 13.5. The van der Waals surface area contributed by atoms with Crippen LogP contribution in [0, 0.1) is 0 Å². The zero-order chi connectivity index (χ0) is 14.8. The Bertz CT molecular complexity index is 640. The van der Waals surface area contributed by atoms with E-state index in [4.69, 9.17) is 0 Å². The second-order valence-corrected chi connectivity index (χ2v) is 6.96. The second-order valence-electron chi connectivity index (χ2n) is 5.73. The minimum Gasteiger partial charge on any atom is -0.133 e. The van der Waals surface area contributed by atoms with Gasteiger partial charge in [-0.1, -0.05) is 30.3 Å². The molecule has 0 N–H and O–H groups in total. The zero-order valence-electron chi connectivity index (χ0n) is 12.4. The van der Waals surface area contributed by atoms with Gasteiger partial charge in [-0.25, -0.2) is 0 Å². The third kappa shape index (κ3) is 3.10. The minimum atomic E-state index is 1.03. The van der Waals surface area contributed by atoms with Crippen LogP contribution >= 0.6 is 27.7 Å². The Labute approximate surface area is 135 Å². The highest BCUT2D eigenvalue weighted by molar-refractivity contribution is 7.15. The lowest BCUT2D eigenvalue weighted by Gasteiger charge is -2.14. The van der Waals surface area contributed by atoms with Gasteiger partial charge in [-0.15, -0.1) is 27.7 Å². The van der Waals surface area contributed by atoms with Crippen LogP contribution in [0.1, 0.15) is 34.2 Å². The highest BCUT2D eigenvalue weighted by Gasteiger charge is 2.19. The van der Waals surface area contributed by atoms with Gasteiger partial charge in [-0.3, -0.25) is 0 Å². The maximum atomic E-state index is 2.88. The van der Waals surface area contributed by atoms with Crippen LogP contribution in [0.4, 0.5) is 0 Å². The van der Waals surface area contributed by atoms with Crippen molar-refractivity contribution in [3.63, 3.8) is 0 Å². The molecule has 2 aromatic rings. The van der Waals surface area contributed by atoms with Crippen LogP contribution in [0.15, 0.2) is 30.3 Å². The summed E-state index contributed by atoms with van der Waals surface area (Å²) >= 11 is 0. The van der Waals surface area contributed by atoms with E-state index >= 15 is 0 Å². The SMILES string of the molecule is PCc1cc(CP)cc(-c2ccc(CP)c3c2CCC3)c1. The Morgan fingerprint density at radius 3 is 2.05 bits per heavy atom. The van der Waals surface area contributed by atoms with Gasteiger partial charge in [0.1, 0.15) is 0 Å². The van der Waals surface area contributed by atoms with E-state index in [1.165, 1.54) is 47.1 Å². The van der Waals surface area contributed by atoms with Crippen molar-refractivity contribution < 1.29 is 0 Å². The first-order valence-corrected chi connectivity index (χ1v) is 10.1. The molecule has 0 spiro atoms. The molecule has 21 heavy (non-hydrogen) atoms. The van der Waals surface area contributed by atoms with E-state index in [0.29, 0.717) is 0 Å². The summed E-state index contributed by atoms with van der Waals surface area (Å²) in [7, 11) is 8.57. The Kier molecular flexibility index (Phi) is 5.11. The minimum absolute atomic E-state index is 1.03. The fourth-order valence-electron chi connectivity index (χ4n) is 3.40. The van der Waals surface area contributed by atoms with Crippen LogP contribution in [0.3, 0.4) is 0 Å². The van der Waals surface area contributed by atoms with Crippen molar-refractivity contribution in [2.45, 2.75) is 37.7 Å². The Hall–Kier alpha value is -0.270. The van der Waals surface area contributed by atoms with Crippen molar-refractivity contribution in [3.05, 3.63) is 58.1 Å². The van der Waals surface area contributed by atoms with E-state index in [-0.39, 0.29) is 0 Å². The topological polar surface area (TPSA) is 0 Å². The second kappa shape index (κ2) is 6.87. The summed E-state index contributed by atoms with van der Waals surface area (Å²) in [6.07, 6.45) is 6.93. The number of hydrogen-bond acceptors (Lipinski definition) is 0. The summed E-state index contributed by atoms with van der Waals surface area (Å²) in [4.78, 5) is 0. The lowest BCUT2D eigenvalue weighted by atomic mass is 9.92. The molecule has 3 unspecified atom stereocenters. The third-order valence-corrected chi connectivity index (χ3v) is 5.82. The van der Waals surface area contributed by atoms with E-state index in [0.717, 1.165) is 18.5 Å². The highest BCUT2D eigenvalue weighted by atomic mass is 31.0. The molecular formula is C18H23P3. The number of fused-ring (bicyclic) bond motifs is 1. The average molecular weight is 332 g/mol. The standard InChI is InChI=1S/C18H23P3/c19-9-12-6-13(10-20)8-15(7-12)17-5-4-14(11-21)16-2-1-3-18(16)17/h4-8H,1-3,9-11,19-21H2. The van der Waals surface area contributed by atoms with Gasteiger partial charge < -0.3 is 0 Å². The van der Waals surface area contributed by atoms with Crippen molar-refractivity contribution in [1.29, 1.82) is 0 Å². The van der Waals surface area contributed by atoms with E-state index < -0.39 is 0 Å². The predicted octanol–water partition coefficient (Wildman–Crippen LogP) is 4.97. The van der Waals surface area contributed by atoms with Gasteiger partial charge in [0.25, 0.3) is 0 Å². The molecule has 0 nitrogen and oxygen atoms in total. The molecule has 110 valence electrons. The number of hydrogen-bond donors (Lipinski definition) is 0. The van der Waals surface area contributed by atoms with Gasteiger partial charge in [0.15, 0.2) is 0 Å². The Balaban J connectivity index is 2.15. The van der Waals surface area contributed by atoms with Gasteiger partial charge in [-0.2, -0.15) is 0 Å². The van der Waals surface area contributed by atoms with Crippen molar-refractivity contribution >= 4 is 27.7 Å². The van der Waals surface area contributed by atoms with Gasteiger partial charge in [0, 0.05) is 0 Å². The Morgan fingerprint density at radius 1 is 0.762 bits per heavy atom. The van der Waals surface area contributed by atoms with Crippen molar-refractivity contribution in [1.82, 2.24) is 0 Å². The van der Waals surface area contributed by atoms with Gasteiger partial charge >= 0.3 is 0 Å². The molecule has 0 amide bonds. The molecule has 0 radical (unpaired) electrons. The van der Waals surface area contributed by atoms with E-state index in [1.54, 1.807) is 11.1 Å². The zero-order valence-corrected chi connectivity index (χ0v) is 15.8. The molecule has 0 aromatic heterocycles. The van der Waals surface area contributed by atoms with Gasteiger partial charge in [0.05, 0.1) is 0 Å². The molecule has 0 fully saturated rings. The van der Waals surface area contributed by atoms with Crippen molar-refractivity contribution in [3.8, 4) is 11.1 Å². The van der Waals surface area contributed by atoms with Gasteiger partial charge in [-0.05, 0) is 76.7 Å². The van der Waals surface area contributed by atoms with Gasteiger partial charge in [0.2, 0.25) is 0 Å². The van der Waals surface area contributed by atoms with E-state index in [1.807, 2.05) is 0 Å². The molecule has 2 aromatic carbocycles. The van der Waals surface area contributed by atoms with Crippen molar-refractivity contribution in [2.24, 2.45) is 0 Å². The first-order chi connectivity index (χ1) is 10.3. The molecule has 1 aliphatic carbocycles. The molecule has 3 heteroatoms. The van der Waals surface area contributed by atoms with E-state index in [9.17, 15) is 0 Å². The molecule has 1 aliphatic rings. The molecule has 0 saturated carbocycles. The number of benzene rings is 2. The lowest BCUT2D eigenvalue weighted by molar-refractivity contribution is 0.909. The molecule has 3 atom stereocenters. The summed E-state index contributed by atoms with van der Waals surface area (Å²) in [6, 6.07) is 11.7. The maximum absolute atomic E-state index is 2.88. The molecule has 0 bridgehead atoms. The summed E-state index contributed by atoms with van der Waals surface area (Å²) in [6.45, 7) is 0. The molecule has 0 heterocycles. The fourth-order valence-corrected chi connectivity index (χ4v) is 4.25. The average Bonchev–Trinajstić information content (AvgIpc) is 3.02. The summed E-state index contributed by atoms with van der Waals surface area (Å²) in [5, 5.41) is 0. The Morgan fingerprint density at radius 2 is 1.43 bits per heavy atom. The third-order valence-electron chi connectivity index (χ3n) is 4.44. The maximum Gasteiger partial charge on any atom is -0.0126 e. The first-order valence-electron chi connectivity index (χ1n) is 7.64. The monoisotopic (exact) mass is 332 g/mol. The van der Waals surface area contributed by atoms with Crippen LogP contribution in [0.25, 0.3) is 11.1 Å².